The fourth-order valence-electron chi connectivity index (χ4n) is 0.206. The fourth-order valence-corrected chi connectivity index (χ4v) is 1.07. The molecular weight excluding hydrogens is 163 g/mol. The van der Waals surface area contributed by atoms with Gasteiger partial charge in [0.1, 0.15) is 0 Å². The molecular formula is C3H8O3Se. The van der Waals surface area contributed by atoms with Gasteiger partial charge in [-0.1, -0.05) is 0 Å². The van der Waals surface area contributed by atoms with E-state index in [1.165, 1.54) is 6.92 Å². The number of hydrogen-bond donors (Lipinski definition) is 2. The summed E-state index contributed by atoms with van der Waals surface area (Å²) in [6.07, 6.45) is -0.632. The molecule has 2 atom stereocenters. The summed E-state index contributed by atoms with van der Waals surface area (Å²) in [4.78, 5) is 0. The van der Waals surface area contributed by atoms with Crippen molar-refractivity contribution in [1.82, 2.24) is 0 Å². The summed E-state index contributed by atoms with van der Waals surface area (Å²) in [6.45, 7) is 1.49. The molecule has 2 unspecified atom stereocenters. The van der Waals surface area contributed by atoms with Crippen LogP contribution in [-0.4, -0.2) is 29.6 Å². The van der Waals surface area contributed by atoms with Crippen LogP contribution in [0.25, 0.3) is 0 Å². The average molecular weight is 171 g/mol. The van der Waals surface area contributed by atoms with Crippen LogP contribution in [0, 0.1) is 0 Å². The van der Waals surface area contributed by atoms with Gasteiger partial charge < -0.3 is 0 Å². The third-order valence-electron chi connectivity index (χ3n) is 0.384. The van der Waals surface area contributed by atoms with E-state index in [-0.39, 0.29) is 5.32 Å². The average Bonchev–Trinajstić information content (AvgIpc) is 1.27. The molecule has 44 valence electrons. The Balaban J connectivity index is 3.13. The van der Waals surface area contributed by atoms with Crippen LogP contribution in [0.2, 0.25) is 5.32 Å². The van der Waals surface area contributed by atoms with E-state index in [2.05, 4.69) is 0 Å². The number of aliphatic hydroxyl groups is 1. The molecule has 0 radical (unpaired) electrons. The van der Waals surface area contributed by atoms with Crippen molar-refractivity contribution in [3.05, 3.63) is 0 Å². The van der Waals surface area contributed by atoms with Gasteiger partial charge in [0.2, 0.25) is 0 Å². The number of rotatable bonds is 2. The van der Waals surface area contributed by atoms with E-state index in [0.717, 1.165) is 0 Å². The van der Waals surface area contributed by atoms with E-state index in [9.17, 15) is 3.83 Å². The number of hydrogen-bond acceptors (Lipinski definition) is 2. The van der Waals surface area contributed by atoms with Crippen molar-refractivity contribution >= 4 is 14.2 Å². The van der Waals surface area contributed by atoms with E-state index in [1.54, 1.807) is 0 Å². The molecule has 0 saturated heterocycles. The molecule has 0 aromatic heterocycles. The Bertz CT molecular complexity index is 70.6. The Kier molecular flexibility index (Phi) is 3.38. The zero-order chi connectivity index (χ0) is 5.86. The van der Waals surface area contributed by atoms with Gasteiger partial charge in [0.05, 0.1) is 0 Å². The predicted molar refractivity (Wildman–Crippen MR) is 25.1 cm³/mol. The molecule has 0 aromatic rings. The van der Waals surface area contributed by atoms with Crippen molar-refractivity contribution in [3.63, 3.8) is 0 Å². The molecule has 3 nitrogen and oxygen atoms in total. The van der Waals surface area contributed by atoms with Gasteiger partial charge in [-0.2, -0.15) is 0 Å². The SMILES string of the molecule is CC(O)C[Se](=O)O. The summed E-state index contributed by atoms with van der Waals surface area (Å²) >= 11 is -2.62. The molecule has 0 saturated carbocycles. The van der Waals surface area contributed by atoms with Gasteiger partial charge >= 0.3 is 45.6 Å². The van der Waals surface area contributed by atoms with E-state index >= 15 is 0 Å². The third-order valence-corrected chi connectivity index (χ3v) is 1.99. The second-order valence-electron chi connectivity index (χ2n) is 1.34. The Morgan fingerprint density at radius 2 is 2.29 bits per heavy atom. The normalized spacial score (nSPS) is 18.7. The third kappa shape index (κ3) is 6.24. The van der Waals surface area contributed by atoms with Gasteiger partial charge in [0, 0.05) is 0 Å². The van der Waals surface area contributed by atoms with Crippen molar-refractivity contribution in [3.8, 4) is 0 Å². The van der Waals surface area contributed by atoms with Gasteiger partial charge in [-0.25, -0.2) is 0 Å². The molecule has 0 bridgehead atoms. The maximum absolute atomic E-state index is 9.86. The molecule has 0 aromatic carbocycles. The van der Waals surface area contributed by atoms with Crippen LogP contribution in [-0.2, 0) is 3.83 Å². The Morgan fingerprint density at radius 3 is 2.29 bits per heavy atom. The molecule has 0 heterocycles. The van der Waals surface area contributed by atoms with Crippen LogP contribution in [0.1, 0.15) is 6.92 Å². The molecule has 4 heteroatoms. The maximum atomic E-state index is 9.86. The number of aliphatic hydroxyl groups excluding tert-OH is 1. The predicted octanol–water partition coefficient (Wildman–Crippen LogP) is -0.722. The minimum atomic E-state index is -2.62. The summed E-state index contributed by atoms with van der Waals surface area (Å²) in [7, 11) is 0. The second-order valence-corrected chi connectivity index (χ2v) is 3.39. The molecule has 0 amide bonds. The second kappa shape index (κ2) is 3.27. The van der Waals surface area contributed by atoms with Crippen molar-refractivity contribution in [1.29, 1.82) is 0 Å². The first-order valence-corrected chi connectivity index (χ1v) is 4.56. The zero-order valence-electron chi connectivity index (χ0n) is 4.00. The van der Waals surface area contributed by atoms with Gasteiger partial charge in [0.15, 0.2) is 0 Å². The summed E-state index contributed by atoms with van der Waals surface area (Å²) in [5.74, 6) is 0. The first kappa shape index (κ1) is 7.24. The first-order valence-electron chi connectivity index (χ1n) is 1.88. The van der Waals surface area contributed by atoms with Crippen LogP contribution in [0.5, 0.6) is 0 Å². The summed E-state index contributed by atoms with van der Waals surface area (Å²) < 4.78 is 18.0. The van der Waals surface area contributed by atoms with E-state index in [0.29, 0.717) is 0 Å². The van der Waals surface area contributed by atoms with Gasteiger partial charge in [0.25, 0.3) is 0 Å². The van der Waals surface area contributed by atoms with Crippen molar-refractivity contribution < 1.29 is 13.1 Å². The van der Waals surface area contributed by atoms with Gasteiger partial charge in [-0.3, -0.25) is 0 Å². The summed E-state index contributed by atoms with van der Waals surface area (Å²) in [5, 5.41) is 8.44. The van der Waals surface area contributed by atoms with E-state index < -0.39 is 20.3 Å². The van der Waals surface area contributed by atoms with Crippen LogP contribution in [0.15, 0.2) is 0 Å². The summed E-state index contributed by atoms with van der Waals surface area (Å²) in [6, 6.07) is 0. The minimum absolute atomic E-state index is 0.0417. The van der Waals surface area contributed by atoms with Crippen LogP contribution in [0.4, 0.5) is 0 Å². The molecule has 0 rings (SSSR count). The van der Waals surface area contributed by atoms with Crippen molar-refractivity contribution in [2.45, 2.75) is 18.3 Å². The molecule has 0 aliphatic rings. The Hall–Kier alpha value is 0.239. The molecule has 2 N–H and O–H groups in total. The zero-order valence-corrected chi connectivity index (χ0v) is 5.71. The topological polar surface area (TPSA) is 57.5 Å². The molecule has 0 spiro atoms. The summed E-state index contributed by atoms with van der Waals surface area (Å²) in [5.41, 5.74) is 0. The quantitative estimate of drug-likeness (QED) is 0.539. The molecule has 7 heavy (non-hydrogen) atoms. The van der Waals surface area contributed by atoms with Crippen LogP contribution in [0.3, 0.4) is 0 Å². The van der Waals surface area contributed by atoms with Crippen LogP contribution < -0.4 is 0 Å². The fraction of sp³-hybridized carbons (Fsp3) is 1.00. The van der Waals surface area contributed by atoms with E-state index in [1.807, 2.05) is 0 Å². The Morgan fingerprint density at radius 1 is 1.86 bits per heavy atom. The standard InChI is InChI=1S/C3H8O3Se/c1-3(4)2-7(5)6/h3-4H,2H2,1H3,(H,5,6). The van der Waals surface area contributed by atoms with Crippen molar-refractivity contribution in [2.24, 2.45) is 0 Å². The van der Waals surface area contributed by atoms with E-state index in [4.69, 9.17) is 9.30 Å². The Labute approximate surface area is 46.4 Å². The van der Waals surface area contributed by atoms with Gasteiger partial charge in [-0.05, 0) is 0 Å². The molecule has 0 fully saturated rings. The molecule has 0 aliphatic carbocycles. The first-order chi connectivity index (χ1) is 3.13. The monoisotopic (exact) mass is 172 g/mol. The molecule has 0 aliphatic heterocycles. The van der Waals surface area contributed by atoms with Crippen LogP contribution >= 0.6 is 0 Å². The van der Waals surface area contributed by atoms with Crippen molar-refractivity contribution in [2.75, 3.05) is 0 Å². The van der Waals surface area contributed by atoms with Gasteiger partial charge in [-0.15, -0.1) is 0 Å².